The van der Waals surface area contributed by atoms with Gasteiger partial charge in [-0.3, -0.25) is 4.79 Å². The summed E-state index contributed by atoms with van der Waals surface area (Å²) in [7, 11) is 0. The Bertz CT molecular complexity index is 441. The molecule has 5 nitrogen and oxygen atoms in total. The second-order valence-corrected chi connectivity index (χ2v) is 7.52. The molecule has 0 aliphatic heterocycles. The molecular formula is C16H27N3O2. The fourth-order valence-electron chi connectivity index (χ4n) is 4.69. The van der Waals surface area contributed by atoms with Gasteiger partial charge in [-0.1, -0.05) is 18.5 Å². The monoisotopic (exact) mass is 293 g/mol. The highest BCUT2D eigenvalue weighted by Gasteiger charge is 2.46. The van der Waals surface area contributed by atoms with E-state index in [2.05, 4.69) is 17.4 Å². The van der Waals surface area contributed by atoms with Crippen LogP contribution in [0.25, 0.3) is 0 Å². The number of carbonyl (C=O) groups is 1. The van der Waals surface area contributed by atoms with E-state index < -0.39 is 5.54 Å². The fourth-order valence-corrected chi connectivity index (χ4v) is 4.69. The summed E-state index contributed by atoms with van der Waals surface area (Å²) in [5, 5.41) is 15.5. The first-order valence-corrected chi connectivity index (χ1v) is 8.34. The van der Waals surface area contributed by atoms with Gasteiger partial charge in [-0.2, -0.15) is 0 Å². The zero-order valence-corrected chi connectivity index (χ0v) is 12.8. The molecule has 3 rings (SSSR count). The van der Waals surface area contributed by atoms with Crippen LogP contribution in [0, 0.1) is 23.7 Å². The summed E-state index contributed by atoms with van der Waals surface area (Å²) < 4.78 is 0. The molecule has 0 heterocycles. The molecular weight excluding hydrogens is 266 g/mol. The molecule has 118 valence electrons. The Kier molecular flexibility index (Phi) is 3.84. The predicted octanol–water partition coefficient (Wildman–Crippen LogP) is 2.23. The molecule has 1 amide bonds. The van der Waals surface area contributed by atoms with E-state index in [1.807, 2.05) is 0 Å². The molecule has 0 aromatic heterocycles. The van der Waals surface area contributed by atoms with E-state index in [4.69, 9.17) is 10.9 Å². The molecule has 5 heteroatoms. The Labute approximate surface area is 126 Å². The molecule has 3 fully saturated rings. The summed E-state index contributed by atoms with van der Waals surface area (Å²) >= 11 is 0. The van der Waals surface area contributed by atoms with E-state index in [1.54, 1.807) is 0 Å². The van der Waals surface area contributed by atoms with Crippen LogP contribution in [0.4, 0.5) is 0 Å². The number of carbonyl (C=O) groups excluding carboxylic acids is 1. The largest absolute Gasteiger partial charge is 0.409 e. The number of rotatable bonds is 3. The lowest BCUT2D eigenvalue weighted by molar-refractivity contribution is -0.128. The molecule has 0 spiro atoms. The second kappa shape index (κ2) is 5.50. The van der Waals surface area contributed by atoms with Gasteiger partial charge in [0.2, 0.25) is 5.91 Å². The first-order valence-electron chi connectivity index (χ1n) is 8.34. The number of nitrogens with zero attached hydrogens (tertiary/aromatic N) is 1. The number of fused-ring (bicyclic) bond motifs is 2. The van der Waals surface area contributed by atoms with Crippen LogP contribution in [0.1, 0.15) is 58.3 Å². The smallest absolute Gasteiger partial charge is 0.224 e. The van der Waals surface area contributed by atoms with Crippen molar-refractivity contribution in [3.05, 3.63) is 0 Å². The van der Waals surface area contributed by atoms with Crippen molar-refractivity contribution in [2.75, 3.05) is 0 Å². The van der Waals surface area contributed by atoms with E-state index in [9.17, 15) is 4.79 Å². The van der Waals surface area contributed by atoms with Gasteiger partial charge in [-0.25, -0.2) is 0 Å². The summed E-state index contributed by atoms with van der Waals surface area (Å²) in [6, 6.07) is 0. The van der Waals surface area contributed by atoms with Crippen LogP contribution in [0.2, 0.25) is 0 Å². The Balaban J connectivity index is 1.71. The minimum Gasteiger partial charge on any atom is -0.409 e. The molecule has 21 heavy (non-hydrogen) atoms. The summed E-state index contributed by atoms with van der Waals surface area (Å²) in [6.07, 6.45) is 8.28. The highest BCUT2D eigenvalue weighted by atomic mass is 16.4. The third-order valence-electron chi connectivity index (χ3n) is 6.16. The van der Waals surface area contributed by atoms with E-state index in [0.717, 1.165) is 38.0 Å². The molecule has 2 bridgehead atoms. The standard InChI is InChI=1S/C16H27N3O2/c1-10-4-6-16(7-5-10,15(17)19-21)18-14(20)13-9-11-2-3-12(13)8-11/h10-13,21H,2-9H2,1H3,(H2,17,19)(H,18,20). The average Bonchev–Trinajstić information content (AvgIpc) is 3.11. The average molecular weight is 293 g/mol. The van der Waals surface area contributed by atoms with Crippen molar-refractivity contribution in [3.63, 3.8) is 0 Å². The maximum absolute atomic E-state index is 12.7. The van der Waals surface area contributed by atoms with Crippen LogP contribution in [0.3, 0.4) is 0 Å². The molecule has 3 atom stereocenters. The summed E-state index contributed by atoms with van der Waals surface area (Å²) in [5.74, 6) is 2.39. The van der Waals surface area contributed by atoms with Gasteiger partial charge in [0, 0.05) is 5.92 Å². The number of hydrogen-bond acceptors (Lipinski definition) is 3. The van der Waals surface area contributed by atoms with Gasteiger partial charge >= 0.3 is 0 Å². The maximum atomic E-state index is 12.7. The minimum atomic E-state index is -0.625. The topological polar surface area (TPSA) is 87.7 Å². The zero-order valence-electron chi connectivity index (χ0n) is 12.8. The lowest BCUT2D eigenvalue weighted by atomic mass is 9.75. The Morgan fingerprint density at radius 1 is 1.24 bits per heavy atom. The van der Waals surface area contributed by atoms with E-state index in [0.29, 0.717) is 11.8 Å². The van der Waals surface area contributed by atoms with Gasteiger partial charge < -0.3 is 16.3 Å². The van der Waals surface area contributed by atoms with Crippen LogP contribution < -0.4 is 11.1 Å². The first-order chi connectivity index (χ1) is 10.0. The quantitative estimate of drug-likeness (QED) is 0.323. The SMILES string of the molecule is CC1CCC(NC(=O)C2CC3CCC2C3)(/C(N)=N/O)CC1. The minimum absolute atomic E-state index is 0.128. The van der Waals surface area contributed by atoms with Crippen LogP contribution >= 0.6 is 0 Å². The van der Waals surface area contributed by atoms with Crippen molar-refractivity contribution in [3.8, 4) is 0 Å². The third kappa shape index (κ3) is 2.62. The molecule has 0 radical (unpaired) electrons. The Hall–Kier alpha value is -1.26. The van der Waals surface area contributed by atoms with Crippen molar-refractivity contribution in [2.45, 2.75) is 63.8 Å². The summed E-state index contributed by atoms with van der Waals surface area (Å²) in [5.41, 5.74) is 5.31. The molecule has 3 unspecified atom stereocenters. The van der Waals surface area contributed by atoms with E-state index in [-0.39, 0.29) is 17.7 Å². The number of amides is 1. The van der Waals surface area contributed by atoms with Crippen LogP contribution in [-0.4, -0.2) is 22.5 Å². The third-order valence-corrected chi connectivity index (χ3v) is 6.16. The number of nitrogens with one attached hydrogen (secondary N) is 1. The van der Waals surface area contributed by atoms with Crippen molar-refractivity contribution in [2.24, 2.45) is 34.6 Å². The summed E-state index contributed by atoms with van der Waals surface area (Å²) in [6.45, 7) is 2.22. The molecule has 0 aromatic rings. The second-order valence-electron chi connectivity index (χ2n) is 7.52. The Morgan fingerprint density at radius 3 is 2.48 bits per heavy atom. The van der Waals surface area contributed by atoms with Gasteiger partial charge in [0.1, 0.15) is 5.54 Å². The molecule has 3 aliphatic carbocycles. The maximum Gasteiger partial charge on any atom is 0.224 e. The molecule has 4 N–H and O–H groups in total. The zero-order chi connectivity index (χ0) is 15.0. The van der Waals surface area contributed by atoms with E-state index >= 15 is 0 Å². The number of hydrogen-bond donors (Lipinski definition) is 3. The highest BCUT2D eigenvalue weighted by Crippen LogP contribution is 2.48. The number of oxime groups is 1. The molecule has 0 aromatic carbocycles. The Morgan fingerprint density at radius 2 is 1.95 bits per heavy atom. The molecule has 3 aliphatic rings. The molecule has 0 saturated heterocycles. The van der Waals surface area contributed by atoms with Crippen molar-refractivity contribution < 1.29 is 10.0 Å². The van der Waals surface area contributed by atoms with E-state index in [1.165, 1.54) is 19.3 Å². The van der Waals surface area contributed by atoms with Crippen LogP contribution in [0.15, 0.2) is 5.16 Å². The summed E-state index contributed by atoms with van der Waals surface area (Å²) in [4.78, 5) is 12.7. The van der Waals surface area contributed by atoms with Gasteiger partial charge in [-0.15, -0.1) is 0 Å². The lowest BCUT2D eigenvalue weighted by Gasteiger charge is -2.40. The molecule has 3 saturated carbocycles. The number of nitrogens with two attached hydrogens (primary N) is 1. The number of amidine groups is 1. The van der Waals surface area contributed by atoms with Crippen LogP contribution in [-0.2, 0) is 4.79 Å². The van der Waals surface area contributed by atoms with Gasteiger partial charge in [0.25, 0.3) is 0 Å². The van der Waals surface area contributed by atoms with Crippen molar-refractivity contribution >= 4 is 11.7 Å². The normalized spacial score (nSPS) is 43.0. The highest BCUT2D eigenvalue weighted by molar-refractivity contribution is 5.94. The lowest BCUT2D eigenvalue weighted by Crippen LogP contribution is -2.60. The first kappa shape index (κ1) is 14.7. The van der Waals surface area contributed by atoms with Gasteiger partial charge in [0.05, 0.1) is 0 Å². The van der Waals surface area contributed by atoms with Gasteiger partial charge in [-0.05, 0) is 62.7 Å². The van der Waals surface area contributed by atoms with Gasteiger partial charge in [0.15, 0.2) is 5.84 Å². The van der Waals surface area contributed by atoms with Crippen molar-refractivity contribution in [1.29, 1.82) is 0 Å². The van der Waals surface area contributed by atoms with Crippen LogP contribution in [0.5, 0.6) is 0 Å². The predicted molar refractivity (Wildman–Crippen MR) is 80.9 cm³/mol. The van der Waals surface area contributed by atoms with Crippen molar-refractivity contribution in [1.82, 2.24) is 5.32 Å². The fraction of sp³-hybridized carbons (Fsp3) is 0.875.